The Hall–Kier alpha value is -3.22. The van der Waals surface area contributed by atoms with Gasteiger partial charge in [-0.05, 0) is 63.0 Å². The van der Waals surface area contributed by atoms with Crippen LogP contribution in [0.15, 0.2) is 41.3 Å². The first-order valence-electron chi connectivity index (χ1n) is 12.0. The lowest BCUT2D eigenvalue weighted by Gasteiger charge is -2.29. The number of hydrogen-bond acceptors (Lipinski definition) is 4. The first-order chi connectivity index (χ1) is 15.9. The Morgan fingerprint density at radius 3 is 2.58 bits per heavy atom. The van der Waals surface area contributed by atoms with Gasteiger partial charge in [0.15, 0.2) is 11.5 Å². The lowest BCUT2D eigenvalue weighted by Crippen LogP contribution is -2.26. The van der Waals surface area contributed by atoms with Crippen molar-refractivity contribution in [3.63, 3.8) is 0 Å². The number of nitrogens with zero attached hydrogens (tertiary/aromatic N) is 5. The molecule has 1 aliphatic carbocycles. The van der Waals surface area contributed by atoms with Crippen LogP contribution < -0.4 is 5.69 Å². The Labute approximate surface area is 193 Å². The second-order valence-electron chi connectivity index (χ2n) is 9.76. The van der Waals surface area contributed by atoms with Gasteiger partial charge in [0.1, 0.15) is 5.52 Å². The van der Waals surface area contributed by atoms with E-state index in [9.17, 15) is 4.79 Å². The summed E-state index contributed by atoms with van der Waals surface area (Å²) in [5.74, 6) is 1.50. The number of rotatable bonds is 5. The average molecular weight is 445 g/mol. The molecule has 7 heteroatoms. The van der Waals surface area contributed by atoms with E-state index >= 15 is 0 Å². The van der Waals surface area contributed by atoms with Crippen LogP contribution in [0.25, 0.3) is 22.6 Å². The number of aromatic amines is 1. The number of benzene rings is 1. The minimum Gasteiger partial charge on any atom is -0.303 e. The summed E-state index contributed by atoms with van der Waals surface area (Å²) in [6, 6.07) is 10.8. The molecule has 4 aromatic rings. The third kappa shape index (κ3) is 4.12. The Balaban J connectivity index is 1.39. The van der Waals surface area contributed by atoms with E-state index in [0.29, 0.717) is 41.4 Å². The summed E-state index contributed by atoms with van der Waals surface area (Å²) in [6.07, 6.45) is 6.08. The smallest absolute Gasteiger partial charge is 0.303 e. The minimum absolute atomic E-state index is 0.103. The van der Waals surface area contributed by atoms with E-state index in [4.69, 9.17) is 4.98 Å². The first kappa shape index (κ1) is 21.6. The van der Waals surface area contributed by atoms with Gasteiger partial charge in [-0.1, -0.05) is 38.1 Å². The molecule has 0 atom stereocenters. The van der Waals surface area contributed by atoms with Gasteiger partial charge in [0.05, 0.1) is 17.9 Å². The molecule has 3 heterocycles. The van der Waals surface area contributed by atoms with Gasteiger partial charge in [0.2, 0.25) is 0 Å². The Morgan fingerprint density at radius 2 is 1.88 bits per heavy atom. The van der Waals surface area contributed by atoms with Gasteiger partial charge < -0.3 is 4.98 Å². The number of hydrogen-bond donors (Lipinski definition) is 1. The maximum Gasteiger partial charge on any atom is 0.327 e. The van der Waals surface area contributed by atoms with Crippen molar-refractivity contribution in [2.75, 3.05) is 0 Å². The van der Waals surface area contributed by atoms with E-state index in [1.54, 1.807) is 6.20 Å². The summed E-state index contributed by atoms with van der Waals surface area (Å²) in [7, 11) is 0. The van der Waals surface area contributed by atoms with Crippen molar-refractivity contribution >= 4 is 11.2 Å². The van der Waals surface area contributed by atoms with Gasteiger partial charge in [-0.15, -0.1) is 0 Å². The Morgan fingerprint density at radius 1 is 1.12 bits per heavy atom. The maximum atomic E-state index is 12.8. The Kier molecular flexibility index (Phi) is 5.64. The van der Waals surface area contributed by atoms with Gasteiger partial charge in [-0.2, -0.15) is 5.10 Å². The van der Waals surface area contributed by atoms with E-state index in [-0.39, 0.29) is 5.69 Å². The van der Waals surface area contributed by atoms with Crippen LogP contribution in [0.2, 0.25) is 0 Å². The van der Waals surface area contributed by atoms with Crippen LogP contribution in [-0.2, 0) is 6.54 Å². The SMILES string of the molecule is Cc1cc(C)n([C@H]2CC[C@H](Cn3c(=O)[nH]c4cnc(-c5ccccc5C(C)C)nc43)CC2)n1. The summed E-state index contributed by atoms with van der Waals surface area (Å²) in [4.78, 5) is 25.2. The van der Waals surface area contributed by atoms with Gasteiger partial charge in [0, 0.05) is 17.8 Å². The van der Waals surface area contributed by atoms with Gasteiger partial charge in [-0.25, -0.2) is 14.8 Å². The van der Waals surface area contributed by atoms with Crippen molar-refractivity contribution in [1.82, 2.24) is 29.3 Å². The number of H-pyrrole nitrogens is 1. The molecule has 0 saturated heterocycles. The predicted molar refractivity (Wildman–Crippen MR) is 130 cm³/mol. The molecule has 33 heavy (non-hydrogen) atoms. The fourth-order valence-electron chi connectivity index (χ4n) is 5.29. The van der Waals surface area contributed by atoms with Crippen molar-refractivity contribution in [3.8, 4) is 11.4 Å². The molecule has 1 aliphatic rings. The van der Waals surface area contributed by atoms with E-state index < -0.39 is 0 Å². The van der Waals surface area contributed by atoms with Gasteiger partial charge in [0.25, 0.3) is 0 Å². The van der Waals surface area contributed by atoms with E-state index in [2.05, 4.69) is 58.7 Å². The fourth-order valence-corrected chi connectivity index (χ4v) is 5.29. The number of imidazole rings is 1. The molecule has 0 radical (unpaired) electrons. The second kappa shape index (κ2) is 8.61. The van der Waals surface area contributed by atoms with Crippen molar-refractivity contribution in [1.29, 1.82) is 0 Å². The number of nitrogens with one attached hydrogen (secondary N) is 1. The van der Waals surface area contributed by atoms with Crippen LogP contribution >= 0.6 is 0 Å². The zero-order chi connectivity index (χ0) is 23.1. The highest BCUT2D eigenvalue weighted by Gasteiger charge is 2.25. The second-order valence-corrected chi connectivity index (χ2v) is 9.76. The molecule has 7 nitrogen and oxygen atoms in total. The summed E-state index contributed by atoms with van der Waals surface area (Å²) >= 11 is 0. The zero-order valence-electron chi connectivity index (χ0n) is 19.9. The van der Waals surface area contributed by atoms with E-state index in [1.807, 2.05) is 23.6 Å². The Bertz CT molecular complexity index is 1340. The molecule has 1 N–H and O–H groups in total. The highest BCUT2D eigenvalue weighted by molar-refractivity contribution is 5.73. The summed E-state index contributed by atoms with van der Waals surface area (Å²) in [6.45, 7) is 9.21. The van der Waals surface area contributed by atoms with Gasteiger partial charge >= 0.3 is 5.69 Å². The predicted octanol–water partition coefficient (Wildman–Crippen LogP) is 5.15. The van der Waals surface area contributed by atoms with Crippen molar-refractivity contribution in [2.45, 2.75) is 71.9 Å². The van der Waals surface area contributed by atoms with Crippen LogP contribution in [0.1, 0.15) is 68.4 Å². The molecule has 0 aliphatic heterocycles. The topological polar surface area (TPSA) is 81.4 Å². The van der Waals surface area contributed by atoms with Crippen LogP contribution in [0, 0.1) is 19.8 Å². The summed E-state index contributed by atoms with van der Waals surface area (Å²) in [5, 5.41) is 4.69. The normalized spacial score (nSPS) is 18.9. The highest BCUT2D eigenvalue weighted by atomic mass is 16.1. The number of aryl methyl sites for hydroxylation is 2. The molecule has 1 fully saturated rings. The molecule has 3 aromatic heterocycles. The lowest BCUT2D eigenvalue weighted by molar-refractivity contribution is 0.239. The highest BCUT2D eigenvalue weighted by Crippen LogP contribution is 2.34. The molecule has 172 valence electrons. The molecule has 0 bridgehead atoms. The summed E-state index contributed by atoms with van der Waals surface area (Å²) in [5.41, 5.74) is 5.84. The molecule has 1 aromatic carbocycles. The van der Waals surface area contributed by atoms with Crippen molar-refractivity contribution in [3.05, 3.63) is 64.0 Å². The third-order valence-corrected chi connectivity index (χ3v) is 6.98. The fraction of sp³-hybridized carbons (Fsp3) is 0.462. The quantitative estimate of drug-likeness (QED) is 0.461. The van der Waals surface area contributed by atoms with Gasteiger partial charge in [-0.3, -0.25) is 9.25 Å². The molecule has 0 spiro atoms. The molecule has 1 saturated carbocycles. The van der Waals surface area contributed by atoms with Crippen LogP contribution in [0.4, 0.5) is 0 Å². The zero-order valence-corrected chi connectivity index (χ0v) is 19.9. The molecule has 5 rings (SSSR count). The van der Waals surface area contributed by atoms with E-state index in [1.165, 1.54) is 11.3 Å². The molecular formula is C26H32N6O. The van der Waals surface area contributed by atoms with Crippen molar-refractivity contribution < 1.29 is 0 Å². The largest absolute Gasteiger partial charge is 0.327 e. The maximum absolute atomic E-state index is 12.8. The van der Waals surface area contributed by atoms with Crippen LogP contribution in [0.3, 0.4) is 0 Å². The average Bonchev–Trinajstić information content (AvgIpc) is 3.31. The van der Waals surface area contributed by atoms with Crippen LogP contribution in [0.5, 0.6) is 0 Å². The lowest BCUT2D eigenvalue weighted by atomic mass is 9.86. The number of fused-ring (bicyclic) bond motifs is 1. The summed E-state index contributed by atoms with van der Waals surface area (Å²) < 4.78 is 4.00. The van der Waals surface area contributed by atoms with Crippen LogP contribution in [-0.4, -0.2) is 29.3 Å². The molecule has 0 unspecified atom stereocenters. The van der Waals surface area contributed by atoms with E-state index in [0.717, 1.165) is 36.9 Å². The number of aromatic nitrogens is 6. The third-order valence-electron chi connectivity index (χ3n) is 6.98. The molecular weight excluding hydrogens is 412 g/mol. The minimum atomic E-state index is -0.103. The standard InChI is InChI=1S/C26H32N6O/c1-16(2)21-7-5-6-8-22(21)24-27-14-23-25(29-24)31(26(33)28-23)15-19-9-11-20(12-10-19)32-18(4)13-17(3)30-32/h5-8,13-14,16,19-20H,9-12,15H2,1-4H3,(H,28,33)/t19-,20-. The first-order valence-corrected chi connectivity index (χ1v) is 12.0. The monoisotopic (exact) mass is 444 g/mol. The molecule has 0 amide bonds. The van der Waals surface area contributed by atoms with Crippen molar-refractivity contribution in [2.24, 2.45) is 5.92 Å².